The van der Waals surface area contributed by atoms with Gasteiger partial charge in [0.2, 0.25) is 0 Å². The molecule has 0 saturated heterocycles. The Kier molecular flexibility index (Phi) is 4.04. The van der Waals surface area contributed by atoms with E-state index in [4.69, 9.17) is 0 Å². The summed E-state index contributed by atoms with van der Waals surface area (Å²) in [5, 5.41) is 28.8. The van der Waals surface area contributed by atoms with Gasteiger partial charge in [0.25, 0.3) is 0 Å². The molecule has 0 radical (unpaired) electrons. The van der Waals surface area contributed by atoms with Crippen LogP contribution in [-0.2, 0) is 6.42 Å². The molecule has 0 fully saturated rings. The lowest BCUT2D eigenvalue weighted by Crippen LogP contribution is -2.14. The number of aliphatic hydroxyl groups excluding tert-OH is 1. The van der Waals surface area contributed by atoms with E-state index in [0.717, 1.165) is 35.1 Å². The van der Waals surface area contributed by atoms with Crippen LogP contribution >= 0.6 is 0 Å². The molecule has 2 aliphatic rings. The first kappa shape index (κ1) is 15.9. The standard InChI is InChI=1S/C22H20O3/c23-21-4-2-1-3-18(21)12-14-5-6-15(11-14)16-7-9-19-17(13-16)8-10-20(19)22(24)25/h1-5,7-11,13,20,22-25H,6,12H2. The van der Waals surface area contributed by atoms with Crippen molar-refractivity contribution in [2.24, 2.45) is 0 Å². The predicted molar refractivity (Wildman–Crippen MR) is 98.9 cm³/mol. The van der Waals surface area contributed by atoms with E-state index in [1.807, 2.05) is 42.5 Å². The predicted octanol–water partition coefficient (Wildman–Crippen LogP) is 3.77. The smallest absolute Gasteiger partial charge is 0.161 e. The Labute approximate surface area is 146 Å². The summed E-state index contributed by atoms with van der Waals surface area (Å²) in [6.45, 7) is 0. The summed E-state index contributed by atoms with van der Waals surface area (Å²) >= 11 is 0. The van der Waals surface area contributed by atoms with Crippen LogP contribution in [-0.4, -0.2) is 21.6 Å². The Bertz CT molecular complexity index is 903. The van der Waals surface area contributed by atoms with Crippen molar-refractivity contribution in [3.63, 3.8) is 0 Å². The van der Waals surface area contributed by atoms with Crippen molar-refractivity contribution >= 4 is 11.6 Å². The lowest BCUT2D eigenvalue weighted by molar-refractivity contribution is -0.0490. The number of fused-ring (bicyclic) bond motifs is 1. The van der Waals surface area contributed by atoms with Crippen LogP contribution in [0.2, 0.25) is 0 Å². The molecule has 0 amide bonds. The molecule has 1 unspecified atom stereocenters. The Hall–Kier alpha value is -2.62. The van der Waals surface area contributed by atoms with Crippen LogP contribution in [0.5, 0.6) is 5.75 Å². The zero-order valence-electron chi connectivity index (χ0n) is 13.8. The first-order valence-corrected chi connectivity index (χ1v) is 8.47. The number of aromatic hydroxyl groups is 1. The average molecular weight is 332 g/mol. The number of benzene rings is 2. The Morgan fingerprint density at radius 1 is 1.08 bits per heavy atom. The van der Waals surface area contributed by atoms with Crippen molar-refractivity contribution < 1.29 is 15.3 Å². The lowest BCUT2D eigenvalue weighted by Gasteiger charge is -2.14. The fraction of sp³-hybridized carbons (Fsp3) is 0.182. The fourth-order valence-corrected chi connectivity index (χ4v) is 3.58. The molecule has 2 aliphatic carbocycles. The average Bonchev–Trinajstić information content (AvgIpc) is 3.23. The SMILES string of the molecule is Oc1ccccc1CC1=CCC(c2ccc3c(c2)C=CC3C(O)O)=C1. The van der Waals surface area contributed by atoms with E-state index in [9.17, 15) is 15.3 Å². The van der Waals surface area contributed by atoms with Gasteiger partial charge in [0, 0.05) is 6.42 Å². The van der Waals surface area contributed by atoms with Gasteiger partial charge in [0.15, 0.2) is 6.29 Å². The molecule has 2 aromatic rings. The second-order valence-corrected chi connectivity index (χ2v) is 6.60. The normalized spacial score (nSPS) is 18.4. The molecule has 2 aromatic carbocycles. The van der Waals surface area contributed by atoms with Gasteiger partial charge in [-0.05, 0) is 52.0 Å². The minimum atomic E-state index is -1.36. The van der Waals surface area contributed by atoms with E-state index in [2.05, 4.69) is 18.2 Å². The highest BCUT2D eigenvalue weighted by Gasteiger charge is 2.23. The molecule has 0 bridgehead atoms. The molecule has 3 nitrogen and oxygen atoms in total. The topological polar surface area (TPSA) is 60.7 Å². The molecule has 4 rings (SSSR count). The molecule has 25 heavy (non-hydrogen) atoms. The van der Waals surface area contributed by atoms with Gasteiger partial charge in [0.1, 0.15) is 5.75 Å². The van der Waals surface area contributed by atoms with Crippen molar-refractivity contribution in [3.8, 4) is 5.75 Å². The highest BCUT2D eigenvalue weighted by atomic mass is 16.5. The van der Waals surface area contributed by atoms with Crippen molar-refractivity contribution in [1.29, 1.82) is 0 Å². The number of rotatable bonds is 4. The van der Waals surface area contributed by atoms with Crippen LogP contribution in [0.1, 0.15) is 34.6 Å². The van der Waals surface area contributed by atoms with Crippen molar-refractivity contribution in [3.05, 3.63) is 88.5 Å². The van der Waals surface area contributed by atoms with E-state index < -0.39 is 6.29 Å². The van der Waals surface area contributed by atoms with E-state index in [0.29, 0.717) is 5.75 Å². The third-order valence-electron chi connectivity index (χ3n) is 4.95. The summed E-state index contributed by atoms with van der Waals surface area (Å²) in [7, 11) is 0. The largest absolute Gasteiger partial charge is 0.508 e. The van der Waals surface area contributed by atoms with Gasteiger partial charge in [-0.25, -0.2) is 0 Å². The maximum absolute atomic E-state index is 9.93. The molecule has 1 atom stereocenters. The summed E-state index contributed by atoms with van der Waals surface area (Å²) < 4.78 is 0. The number of phenolic OH excluding ortho intramolecular Hbond substituents is 1. The quantitative estimate of drug-likeness (QED) is 0.747. The second-order valence-electron chi connectivity index (χ2n) is 6.60. The number of phenols is 1. The maximum atomic E-state index is 9.93. The Morgan fingerprint density at radius 2 is 1.92 bits per heavy atom. The van der Waals surface area contributed by atoms with Crippen molar-refractivity contribution in [2.75, 3.05) is 0 Å². The lowest BCUT2D eigenvalue weighted by atomic mass is 9.95. The van der Waals surface area contributed by atoms with Gasteiger partial charge in [-0.3, -0.25) is 0 Å². The molecule has 0 aromatic heterocycles. The third kappa shape index (κ3) is 3.04. The van der Waals surface area contributed by atoms with Gasteiger partial charge >= 0.3 is 0 Å². The van der Waals surface area contributed by atoms with Crippen molar-refractivity contribution in [1.82, 2.24) is 0 Å². The Morgan fingerprint density at radius 3 is 2.72 bits per heavy atom. The van der Waals surface area contributed by atoms with Crippen LogP contribution in [0.25, 0.3) is 11.6 Å². The van der Waals surface area contributed by atoms with Crippen LogP contribution in [0.4, 0.5) is 0 Å². The molecular formula is C22H20O3. The number of para-hydroxylation sites is 1. The molecule has 3 N–H and O–H groups in total. The highest BCUT2D eigenvalue weighted by Crippen LogP contribution is 2.36. The number of allylic oxidation sites excluding steroid dienone is 4. The van der Waals surface area contributed by atoms with Crippen molar-refractivity contribution in [2.45, 2.75) is 25.0 Å². The summed E-state index contributed by atoms with van der Waals surface area (Å²) in [6, 6.07) is 13.6. The van der Waals surface area contributed by atoms with E-state index in [1.54, 1.807) is 6.07 Å². The molecule has 0 spiro atoms. The number of aliphatic hydroxyl groups is 2. The molecule has 0 heterocycles. The molecule has 126 valence electrons. The summed E-state index contributed by atoms with van der Waals surface area (Å²) in [5.74, 6) is -0.00197. The van der Waals surface area contributed by atoms with E-state index in [-0.39, 0.29) is 5.92 Å². The molecule has 3 heteroatoms. The van der Waals surface area contributed by atoms with Gasteiger partial charge in [-0.2, -0.15) is 0 Å². The molecule has 0 aliphatic heterocycles. The minimum absolute atomic E-state index is 0.335. The minimum Gasteiger partial charge on any atom is -0.508 e. The highest BCUT2D eigenvalue weighted by molar-refractivity contribution is 5.76. The van der Waals surface area contributed by atoms with Crippen LogP contribution < -0.4 is 0 Å². The van der Waals surface area contributed by atoms with Crippen LogP contribution in [0.3, 0.4) is 0 Å². The fourth-order valence-electron chi connectivity index (χ4n) is 3.58. The maximum Gasteiger partial charge on any atom is 0.161 e. The van der Waals surface area contributed by atoms with Gasteiger partial charge in [0.05, 0.1) is 5.92 Å². The molecule has 0 saturated carbocycles. The third-order valence-corrected chi connectivity index (χ3v) is 4.95. The second kappa shape index (κ2) is 6.36. The van der Waals surface area contributed by atoms with Crippen LogP contribution in [0.15, 0.2) is 66.3 Å². The zero-order chi connectivity index (χ0) is 17.4. The van der Waals surface area contributed by atoms with E-state index in [1.165, 1.54) is 11.1 Å². The van der Waals surface area contributed by atoms with E-state index >= 15 is 0 Å². The first-order valence-electron chi connectivity index (χ1n) is 8.47. The zero-order valence-corrected chi connectivity index (χ0v) is 13.8. The summed E-state index contributed by atoms with van der Waals surface area (Å²) in [4.78, 5) is 0. The first-order chi connectivity index (χ1) is 12.1. The van der Waals surface area contributed by atoms with Crippen LogP contribution in [0, 0.1) is 0 Å². The Balaban J connectivity index is 1.55. The monoisotopic (exact) mass is 332 g/mol. The van der Waals surface area contributed by atoms with Gasteiger partial charge < -0.3 is 15.3 Å². The van der Waals surface area contributed by atoms with Gasteiger partial charge in [-0.15, -0.1) is 0 Å². The molecular weight excluding hydrogens is 312 g/mol. The summed E-state index contributed by atoms with van der Waals surface area (Å²) in [5.41, 5.74) is 6.54. The number of hydrogen-bond donors (Lipinski definition) is 3. The summed E-state index contributed by atoms with van der Waals surface area (Å²) in [6.07, 6.45) is 8.41. The number of hydrogen-bond acceptors (Lipinski definition) is 3. The van der Waals surface area contributed by atoms with Gasteiger partial charge in [-0.1, -0.05) is 54.6 Å².